The lowest BCUT2D eigenvalue weighted by Crippen LogP contribution is -2.39. The SMILES string of the molecule is CC[C@@H]1CCCN(C(=O)OC)C1.S. The second-order valence-electron chi connectivity index (χ2n) is 3.33. The van der Waals surface area contributed by atoms with Crippen molar-refractivity contribution < 1.29 is 9.53 Å². The van der Waals surface area contributed by atoms with Gasteiger partial charge in [-0.05, 0) is 18.8 Å². The van der Waals surface area contributed by atoms with Crippen molar-refractivity contribution in [2.75, 3.05) is 20.2 Å². The van der Waals surface area contributed by atoms with Crippen molar-refractivity contribution in [2.45, 2.75) is 26.2 Å². The maximum Gasteiger partial charge on any atom is 0.409 e. The Morgan fingerprint density at radius 1 is 1.62 bits per heavy atom. The summed E-state index contributed by atoms with van der Waals surface area (Å²) in [4.78, 5) is 12.9. The number of carbonyl (C=O) groups is 1. The van der Waals surface area contributed by atoms with Gasteiger partial charge in [-0.2, -0.15) is 13.5 Å². The summed E-state index contributed by atoms with van der Waals surface area (Å²) >= 11 is 0. The molecule has 1 rings (SSSR count). The van der Waals surface area contributed by atoms with E-state index >= 15 is 0 Å². The predicted molar refractivity (Wildman–Crippen MR) is 57.4 cm³/mol. The van der Waals surface area contributed by atoms with Crippen LogP contribution in [0.5, 0.6) is 0 Å². The molecular formula is C9H19NO2S. The number of hydrogen-bond donors (Lipinski definition) is 0. The molecule has 1 saturated heterocycles. The molecule has 0 aliphatic carbocycles. The molecule has 0 N–H and O–H groups in total. The van der Waals surface area contributed by atoms with Crippen molar-refractivity contribution in [2.24, 2.45) is 5.92 Å². The normalized spacial score (nSPS) is 22.0. The van der Waals surface area contributed by atoms with E-state index in [4.69, 9.17) is 0 Å². The van der Waals surface area contributed by atoms with E-state index in [9.17, 15) is 4.79 Å². The molecular weight excluding hydrogens is 186 g/mol. The number of nitrogens with zero attached hydrogens (tertiary/aromatic N) is 1. The minimum absolute atomic E-state index is 0. The Morgan fingerprint density at radius 2 is 2.31 bits per heavy atom. The Labute approximate surface area is 86.9 Å². The van der Waals surface area contributed by atoms with Gasteiger partial charge in [0.05, 0.1) is 7.11 Å². The van der Waals surface area contributed by atoms with E-state index in [1.807, 2.05) is 0 Å². The van der Waals surface area contributed by atoms with Crippen molar-refractivity contribution >= 4 is 19.6 Å². The van der Waals surface area contributed by atoms with E-state index in [1.165, 1.54) is 13.5 Å². The van der Waals surface area contributed by atoms with Crippen LogP contribution in [0, 0.1) is 5.92 Å². The molecule has 0 aromatic rings. The molecule has 0 spiro atoms. The highest BCUT2D eigenvalue weighted by molar-refractivity contribution is 7.59. The van der Waals surface area contributed by atoms with E-state index in [-0.39, 0.29) is 19.6 Å². The lowest BCUT2D eigenvalue weighted by molar-refractivity contribution is 0.101. The van der Waals surface area contributed by atoms with Gasteiger partial charge in [0, 0.05) is 13.1 Å². The van der Waals surface area contributed by atoms with Crippen LogP contribution in [0.1, 0.15) is 26.2 Å². The van der Waals surface area contributed by atoms with Crippen molar-refractivity contribution in [1.82, 2.24) is 4.90 Å². The van der Waals surface area contributed by atoms with Gasteiger partial charge in [0.1, 0.15) is 0 Å². The molecule has 1 fully saturated rings. The highest BCUT2D eigenvalue weighted by Crippen LogP contribution is 2.19. The van der Waals surface area contributed by atoms with Crippen LogP contribution >= 0.6 is 13.5 Å². The molecule has 13 heavy (non-hydrogen) atoms. The third-order valence-corrected chi connectivity index (χ3v) is 2.53. The van der Waals surface area contributed by atoms with Gasteiger partial charge in [0.25, 0.3) is 0 Å². The zero-order valence-electron chi connectivity index (χ0n) is 8.38. The van der Waals surface area contributed by atoms with Crippen LogP contribution in [-0.2, 0) is 4.74 Å². The smallest absolute Gasteiger partial charge is 0.409 e. The second kappa shape index (κ2) is 6.13. The summed E-state index contributed by atoms with van der Waals surface area (Å²) < 4.78 is 4.67. The minimum atomic E-state index is -0.173. The lowest BCUT2D eigenvalue weighted by atomic mass is 9.96. The molecule has 0 aromatic carbocycles. The first-order chi connectivity index (χ1) is 5.77. The first kappa shape index (κ1) is 12.6. The van der Waals surface area contributed by atoms with Crippen LogP contribution in [-0.4, -0.2) is 31.2 Å². The summed E-state index contributed by atoms with van der Waals surface area (Å²) in [7, 11) is 1.44. The van der Waals surface area contributed by atoms with Crippen LogP contribution in [0.25, 0.3) is 0 Å². The van der Waals surface area contributed by atoms with E-state index in [0.29, 0.717) is 5.92 Å². The quantitative estimate of drug-likeness (QED) is 0.655. The third kappa shape index (κ3) is 3.46. The number of hydrogen-bond acceptors (Lipinski definition) is 2. The Hall–Kier alpha value is -0.380. The molecule has 0 bridgehead atoms. The van der Waals surface area contributed by atoms with Gasteiger partial charge in [-0.3, -0.25) is 0 Å². The number of methoxy groups -OCH3 is 1. The molecule has 1 aliphatic heterocycles. The largest absolute Gasteiger partial charge is 0.453 e. The summed E-state index contributed by atoms with van der Waals surface area (Å²) in [5.41, 5.74) is 0. The zero-order valence-corrected chi connectivity index (χ0v) is 9.38. The Bertz CT molecular complexity index is 164. The van der Waals surface area contributed by atoms with Crippen molar-refractivity contribution in [3.63, 3.8) is 0 Å². The van der Waals surface area contributed by atoms with Crippen molar-refractivity contribution in [3.8, 4) is 0 Å². The number of carbonyl (C=O) groups excluding carboxylic acids is 1. The minimum Gasteiger partial charge on any atom is -0.453 e. The molecule has 0 saturated carbocycles. The van der Waals surface area contributed by atoms with E-state index in [1.54, 1.807) is 4.90 Å². The summed E-state index contributed by atoms with van der Waals surface area (Å²) in [5, 5.41) is 0. The summed E-state index contributed by atoms with van der Waals surface area (Å²) in [5.74, 6) is 0.679. The van der Waals surface area contributed by atoms with Crippen LogP contribution in [0.2, 0.25) is 0 Å². The number of likely N-dealkylation sites (tertiary alicyclic amines) is 1. The molecule has 1 amide bonds. The molecule has 1 atom stereocenters. The summed E-state index contributed by atoms with van der Waals surface area (Å²) in [6.07, 6.45) is 3.36. The fourth-order valence-electron chi connectivity index (χ4n) is 1.69. The molecule has 0 aromatic heterocycles. The van der Waals surface area contributed by atoms with Gasteiger partial charge in [0.2, 0.25) is 0 Å². The highest BCUT2D eigenvalue weighted by atomic mass is 32.1. The standard InChI is InChI=1S/C9H17NO2.H2S/c1-3-8-5-4-6-10(7-8)9(11)12-2;/h8H,3-7H2,1-2H3;1H2/t8-;/m1./s1. The van der Waals surface area contributed by atoms with Crippen LogP contribution in [0.15, 0.2) is 0 Å². The first-order valence-corrected chi connectivity index (χ1v) is 4.60. The number of ether oxygens (including phenoxy) is 1. The molecule has 4 heteroatoms. The Morgan fingerprint density at radius 3 is 2.85 bits per heavy atom. The number of piperidine rings is 1. The Balaban J connectivity index is 0.00000144. The van der Waals surface area contributed by atoms with Gasteiger partial charge >= 0.3 is 6.09 Å². The Kier molecular flexibility index (Phi) is 5.95. The van der Waals surface area contributed by atoms with Gasteiger partial charge in [0.15, 0.2) is 0 Å². The molecule has 3 nitrogen and oxygen atoms in total. The average molecular weight is 205 g/mol. The molecule has 0 unspecified atom stereocenters. The first-order valence-electron chi connectivity index (χ1n) is 4.60. The average Bonchev–Trinajstić information content (AvgIpc) is 2.17. The molecule has 1 aliphatic rings. The van der Waals surface area contributed by atoms with E-state index in [0.717, 1.165) is 25.9 Å². The lowest BCUT2D eigenvalue weighted by Gasteiger charge is -2.30. The van der Waals surface area contributed by atoms with Crippen LogP contribution < -0.4 is 0 Å². The van der Waals surface area contributed by atoms with Crippen LogP contribution in [0.4, 0.5) is 4.79 Å². The highest BCUT2D eigenvalue weighted by Gasteiger charge is 2.22. The third-order valence-electron chi connectivity index (χ3n) is 2.53. The summed E-state index contributed by atoms with van der Waals surface area (Å²) in [6, 6.07) is 0. The number of amides is 1. The topological polar surface area (TPSA) is 29.5 Å². The zero-order chi connectivity index (χ0) is 8.97. The van der Waals surface area contributed by atoms with Crippen molar-refractivity contribution in [1.29, 1.82) is 0 Å². The fraction of sp³-hybridized carbons (Fsp3) is 0.889. The second-order valence-corrected chi connectivity index (χ2v) is 3.33. The predicted octanol–water partition coefficient (Wildman–Crippen LogP) is 1.99. The molecule has 78 valence electrons. The maximum atomic E-state index is 11.1. The number of rotatable bonds is 1. The van der Waals surface area contributed by atoms with Gasteiger partial charge in [-0.1, -0.05) is 13.3 Å². The van der Waals surface area contributed by atoms with E-state index < -0.39 is 0 Å². The molecule has 1 heterocycles. The molecule has 0 radical (unpaired) electrons. The van der Waals surface area contributed by atoms with Crippen LogP contribution in [0.3, 0.4) is 0 Å². The van der Waals surface area contributed by atoms with E-state index in [2.05, 4.69) is 11.7 Å². The van der Waals surface area contributed by atoms with Crippen molar-refractivity contribution in [3.05, 3.63) is 0 Å². The van der Waals surface area contributed by atoms with Gasteiger partial charge < -0.3 is 9.64 Å². The maximum absolute atomic E-state index is 11.1. The summed E-state index contributed by atoms with van der Waals surface area (Å²) in [6.45, 7) is 3.91. The van der Waals surface area contributed by atoms with Gasteiger partial charge in [-0.15, -0.1) is 0 Å². The fourth-order valence-corrected chi connectivity index (χ4v) is 1.69. The van der Waals surface area contributed by atoms with Gasteiger partial charge in [-0.25, -0.2) is 4.79 Å². The monoisotopic (exact) mass is 205 g/mol.